The molecule has 20 heavy (non-hydrogen) atoms. The number of aryl methyl sites for hydroxylation is 1. The fourth-order valence-electron chi connectivity index (χ4n) is 1.91. The van der Waals surface area contributed by atoms with Crippen LogP contribution in [0.3, 0.4) is 0 Å². The van der Waals surface area contributed by atoms with E-state index in [0.29, 0.717) is 5.69 Å². The molecular formula is C14H14FN3O2. The molecule has 2 aromatic rings. The van der Waals surface area contributed by atoms with Crippen molar-refractivity contribution in [2.45, 2.75) is 6.92 Å². The summed E-state index contributed by atoms with van der Waals surface area (Å²) in [7, 11) is 1.60. The van der Waals surface area contributed by atoms with Crippen molar-refractivity contribution in [3.05, 3.63) is 57.9 Å². The lowest BCUT2D eigenvalue weighted by atomic mass is 10.2. The van der Waals surface area contributed by atoms with Gasteiger partial charge in [-0.2, -0.15) is 0 Å². The first-order chi connectivity index (χ1) is 9.52. The van der Waals surface area contributed by atoms with Crippen LogP contribution in [0.5, 0.6) is 0 Å². The Kier molecular flexibility index (Phi) is 3.84. The molecule has 0 atom stereocenters. The van der Waals surface area contributed by atoms with Crippen LogP contribution in [0.2, 0.25) is 0 Å². The summed E-state index contributed by atoms with van der Waals surface area (Å²) in [6, 6.07) is 9.45. The average Bonchev–Trinajstić information content (AvgIpc) is 2.41. The topological polar surface area (TPSA) is 67.2 Å². The first-order valence-corrected chi connectivity index (χ1v) is 6.01. The number of nitrogens with one attached hydrogen (secondary N) is 2. The quantitative estimate of drug-likeness (QED) is 0.657. The van der Waals surface area contributed by atoms with E-state index < -0.39 is 10.7 Å². The highest BCUT2D eigenvalue weighted by Crippen LogP contribution is 2.34. The van der Waals surface area contributed by atoms with Crippen molar-refractivity contribution in [3.63, 3.8) is 0 Å². The Hall–Kier alpha value is -2.63. The van der Waals surface area contributed by atoms with Gasteiger partial charge in [0.1, 0.15) is 17.2 Å². The van der Waals surface area contributed by atoms with E-state index in [-0.39, 0.29) is 17.1 Å². The standard InChI is InChI=1S/C14H14FN3O2/c1-9-6-7-11(10(15)8-9)17-13-5-3-4-12(16-2)14(13)18(19)20/h3-8,16-17H,1-2H3. The van der Waals surface area contributed by atoms with Crippen molar-refractivity contribution in [2.75, 3.05) is 17.7 Å². The molecule has 0 aliphatic carbocycles. The molecule has 0 amide bonds. The summed E-state index contributed by atoms with van der Waals surface area (Å²) < 4.78 is 13.8. The van der Waals surface area contributed by atoms with Crippen LogP contribution in [0.25, 0.3) is 0 Å². The number of nitro groups is 1. The minimum atomic E-state index is -0.500. The molecule has 2 N–H and O–H groups in total. The molecule has 0 unspecified atom stereocenters. The molecular weight excluding hydrogens is 261 g/mol. The maximum Gasteiger partial charge on any atom is 0.315 e. The summed E-state index contributed by atoms with van der Waals surface area (Å²) in [5.74, 6) is -0.450. The third-order valence-corrected chi connectivity index (χ3v) is 2.88. The highest BCUT2D eigenvalue weighted by Gasteiger charge is 2.19. The predicted octanol–water partition coefficient (Wildman–Crippen LogP) is 3.83. The van der Waals surface area contributed by atoms with Gasteiger partial charge < -0.3 is 10.6 Å². The molecule has 0 saturated heterocycles. The summed E-state index contributed by atoms with van der Waals surface area (Å²) in [4.78, 5) is 10.7. The highest BCUT2D eigenvalue weighted by atomic mass is 19.1. The second kappa shape index (κ2) is 5.56. The number of benzene rings is 2. The van der Waals surface area contributed by atoms with Crippen molar-refractivity contribution in [3.8, 4) is 0 Å². The summed E-state index contributed by atoms with van der Waals surface area (Å²) >= 11 is 0. The minimum absolute atomic E-state index is 0.116. The van der Waals surface area contributed by atoms with Crippen LogP contribution < -0.4 is 10.6 Å². The van der Waals surface area contributed by atoms with E-state index in [1.165, 1.54) is 12.1 Å². The van der Waals surface area contributed by atoms with E-state index in [1.54, 1.807) is 38.2 Å². The van der Waals surface area contributed by atoms with E-state index >= 15 is 0 Å². The summed E-state index contributed by atoms with van der Waals surface area (Å²) in [5, 5.41) is 16.7. The van der Waals surface area contributed by atoms with Crippen LogP contribution in [0.15, 0.2) is 36.4 Å². The van der Waals surface area contributed by atoms with E-state index in [2.05, 4.69) is 10.6 Å². The zero-order chi connectivity index (χ0) is 14.7. The molecule has 0 spiro atoms. The fraction of sp³-hybridized carbons (Fsp3) is 0.143. The minimum Gasteiger partial charge on any atom is -0.382 e. The van der Waals surface area contributed by atoms with Gasteiger partial charge in [-0.05, 0) is 36.8 Å². The van der Waals surface area contributed by atoms with Crippen LogP contribution in [-0.4, -0.2) is 12.0 Å². The van der Waals surface area contributed by atoms with Gasteiger partial charge in [-0.15, -0.1) is 0 Å². The van der Waals surface area contributed by atoms with Crippen LogP contribution in [-0.2, 0) is 0 Å². The molecule has 2 rings (SSSR count). The predicted molar refractivity (Wildman–Crippen MR) is 77.1 cm³/mol. The summed E-state index contributed by atoms with van der Waals surface area (Å²) in [5.41, 5.74) is 1.48. The van der Waals surface area contributed by atoms with Crippen molar-refractivity contribution >= 4 is 22.7 Å². The van der Waals surface area contributed by atoms with E-state index in [0.717, 1.165) is 5.56 Å². The summed E-state index contributed by atoms with van der Waals surface area (Å²) in [6.07, 6.45) is 0. The normalized spacial score (nSPS) is 10.2. The van der Waals surface area contributed by atoms with E-state index in [4.69, 9.17) is 0 Å². The first-order valence-electron chi connectivity index (χ1n) is 6.01. The number of anilines is 3. The van der Waals surface area contributed by atoms with Crippen molar-refractivity contribution in [1.82, 2.24) is 0 Å². The molecule has 2 aromatic carbocycles. The molecule has 5 nitrogen and oxygen atoms in total. The van der Waals surface area contributed by atoms with Crippen molar-refractivity contribution in [1.29, 1.82) is 0 Å². The average molecular weight is 275 g/mol. The first kappa shape index (κ1) is 13.8. The Labute approximate surface area is 115 Å². The number of halogens is 1. The Morgan fingerprint density at radius 2 is 1.85 bits per heavy atom. The van der Waals surface area contributed by atoms with Crippen molar-refractivity contribution < 1.29 is 9.31 Å². The van der Waals surface area contributed by atoms with Gasteiger partial charge in [-0.25, -0.2) is 4.39 Å². The number of hydrogen-bond acceptors (Lipinski definition) is 4. The van der Waals surface area contributed by atoms with Crippen LogP contribution in [0, 0.1) is 22.9 Å². The smallest absolute Gasteiger partial charge is 0.315 e. The van der Waals surface area contributed by atoms with Gasteiger partial charge in [-0.1, -0.05) is 12.1 Å². The van der Waals surface area contributed by atoms with E-state index in [9.17, 15) is 14.5 Å². The second-order valence-corrected chi connectivity index (χ2v) is 4.32. The second-order valence-electron chi connectivity index (χ2n) is 4.32. The molecule has 0 fully saturated rings. The molecule has 6 heteroatoms. The number of nitro benzene ring substituents is 1. The molecule has 104 valence electrons. The van der Waals surface area contributed by atoms with Gasteiger partial charge in [0.2, 0.25) is 0 Å². The lowest BCUT2D eigenvalue weighted by molar-refractivity contribution is -0.383. The van der Waals surface area contributed by atoms with Gasteiger partial charge in [0, 0.05) is 7.05 Å². The highest BCUT2D eigenvalue weighted by molar-refractivity contribution is 5.79. The Bertz CT molecular complexity index is 659. The largest absolute Gasteiger partial charge is 0.382 e. The molecule has 0 saturated carbocycles. The van der Waals surface area contributed by atoms with E-state index in [1.807, 2.05) is 0 Å². The Morgan fingerprint density at radius 3 is 2.45 bits per heavy atom. The van der Waals surface area contributed by atoms with Gasteiger partial charge >= 0.3 is 5.69 Å². The maximum absolute atomic E-state index is 13.8. The zero-order valence-corrected chi connectivity index (χ0v) is 11.1. The van der Waals surface area contributed by atoms with Crippen LogP contribution in [0.1, 0.15) is 5.56 Å². The fourth-order valence-corrected chi connectivity index (χ4v) is 1.91. The maximum atomic E-state index is 13.8. The monoisotopic (exact) mass is 275 g/mol. The number of para-hydroxylation sites is 1. The SMILES string of the molecule is CNc1cccc(Nc2ccc(C)cc2F)c1[N+](=O)[O-]. The van der Waals surface area contributed by atoms with Gasteiger partial charge in [-0.3, -0.25) is 10.1 Å². The third-order valence-electron chi connectivity index (χ3n) is 2.88. The summed E-state index contributed by atoms with van der Waals surface area (Å²) in [6.45, 7) is 1.77. The number of rotatable bonds is 4. The molecule has 0 aromatic heterocycles. The number of hydrogen-bond donors (Lipinski definition) is 2. The molecule has 0 radical (unpaired) electrons. The third kappa shape index (κ3) is 2.69. The zero-order valence-electron chi connectivity index (χ0n) is 11.1. The number of nitrogens with zero attached hydrogens (tertiary/aromatic N) is 1. The van der Waals surface area contributed by atoms with Crippen molar-refractivity contribution in [2.24, 2.45) is 0 Å². The lowest BCUT2D eigenvalue weighted by Crippen LogP contribution is -2.02. The molecule has 0 aliphatic rings. The van der Waals surface area contributed by atoms with Crippen LogP contribution >= 0.6 is 0 Å². The Morgan fingerprint density at radius 1 is 1.15 bits per heavy atom. The molecule has 0 aliphatic heterocycles. The Balaban J connectivity index is 2.45. The van der Waals surface area contributed by atoms with Crippen LogP contribution in [0.4, 0.5) is 27.1 Å². The molecule has 0 heterocycles. The lowest BCUT2D eigenvalue weighted by Gasteiger charge is -2.11. The van der Waals surface area contributed by atoms with Gasteiger partial charge in [0.15, 0.2) is 0 Å². The van der Waals surface area contributed by atoms with Gasteiger partial charge in [0.25, 0.3) is 0 Å². The molecule has 0 bridgehead atoms. The van der Waals surface area contributed by atoms with Gasteiger partial charge in [0.05, 0.1) is 10.6 Å².